The average Bonchev–Trinajstić information content (AvgIpc) is 2.96. The molecule has 2 N–H and O–H groups in total. The zero-order chi connectivity index (χ0) is 27.2. The van der Waals surface area contributed by atoms with Gasteiger partial charge < -0.3 is 19.9 Å². The number of rotatable bonds is 7. The van der Waals surface area contributed by atoms with Crippen molar-refractivity contribution in [1.29, 1.82) is 5.26 Å². The van der Waals surface area contributed by atoms with E-state index in [0.29, 0.717) is 34.5 Å². The first-order chi connectivity index (χ1) is 19.0. The normalized spacial score (nSPS) is 14.3. The van der Waals surface area contributed by atoms with E-state index >= 15 is 0 Å². The maximum absolute atomic E-state index is 12.4. The van der Waals surface area contributed by atoms with Gasteiger partial charge in [-0.15, -0.1) is 0 Å². The van der Waals surface area contributed by atoms with Gasteiger partial charge in [-0.05, 0) is 41.5 Å². The van der Waals surface area contributed by atoms with Gasteiger partial charge in [-0.3, -0.25) is 0 Å². The van der Waals surface area contributed by atoms with E-state index in [2.05, 4.69) is 6.07 Å². The quantitative estimate of drug-likeness (QED) is 0.160. The number of hydrogen-bond donors (Lipinski definition) is 1. The first-order valence-electron chi connectivity index (χ1n) is 12.1. The predicted molar refractivity (Wildman–Crippen MR) is 149 cm³/mol. The van der Waals surface area contributed by atoms with Crippen molar-refractivity contribution in [3.63, 3.8) is 0 Å². The first kappa shape index (κ1) is 25.7. The molecule has 4 aromatic carbocycles. The van der Waals surface area contributed by atoms with E-state index in [4.69, 9.17) is 31.5 Å². The lowest BCUT2D eigenvalue weighted by Gasteiger charge is -2.26. The Morgan fingerprint density at radius 1 is 0.974 bits per heavy atom. The van der Waals surface area contributed by atoms with Gasteiger partial charge in [0.25, 0.3) is 0 Å². The Kier molecular flexibility index (Phi) is 7.63. The molecule has 39 heavy (non-hydrogen) atoms. The second-order valence-corrected chi connectivity index (χ2v) is 9.15. The molecule has 0 aliphatic carbocycles. The van der Waals surface area contributed by atoms with Gasteiger partial charge in [0, 0.05) is 28.3 Å². The van der Waals surface area contributed by atoms with E-state index in [1.165, 1.54) is 6.08 Å². The molecular weight excluding hydrogens is 512 g/mol. The molecule has 1 aliphatic rings. The number of fused-ring (bicyclic) bond motifs is 1. The minimum absolute atomic E-state index is 0.00139. The summed E-state index contributed by atoms with van der Waals surface area (Å²) in [5.74, 6) is 0.382. The fourth-order valence-corrected chi connectivity index (χ4v) is 4.44. The van der Waals surface area contributed by atoms with Crippen LogP contribution in [0.4, 0.5) is 0 Å². The molecule has 0 aromatic heterocycles. The van der Waals surface area contributed by atoms with Gasteiger partial charge in [-0.1, -0.05) is 78.3 Å². The number of nitrogens with zero attached hydrogens (tertiary/aromatic N) is 1. The van der Waals surface area contributed by atoms with Gasteiger partial charge in [-0.25, -0.2) is 4.79 Å². The summed E-state index contributed by atoms with van der Waals surface area (Å²) in [4.78, 5) is 12.4. The minimum Gasteiger partial charge on any atom is -0.489 e. The van der Waals surface area contributed by atoms with Crippen molar-refractivity contribution in [2.45, 2.75) is 12.5 Å². The van der Waals surface area contributed by atoms with Crippen LogP contribution in [0.1, 0.15) is 28.2 Å². The van der Waals surface area contributed by atoms with Crippen molar-refractivity contribution in [1.82, 2.24) is 0 Å². The number of hydrogen-bond acceptors (Lipinski definition) is 6. The Morgan fingerprint density at radius 3 is 2.44 bits per heavy atom. The third kappa shape index (κ3) is 5.96. The van der Waals surface area contributed by atoms with E-state index in [1.807, 2.05) is 78.9 Å². The monoisotopic (exact) mass is 534 g/mol. The Labute approximate surface area is 231 Å². The lowest BCUT2D eigenvalue weighted by molar-refractivity contribution is -0.128. The minimum atomic E-state index is -0.528. The Hall–Kier alpha value is -4.99. The highest BCUT2D eigenvalue weighted by Crippen LogP contribution is 2.43. The Balaban J connectivity index is 1.34. The number of carbonyl (C=O) groups is 1. The largest absolute Gasteiger partial charge is 0.489 e. The molecule has 0 spiro atoms. The summed E-state index contributed by atoms with van der Waals surface area (Å²) in [6.45, 7) is 0.331. The number of benzene rings is 4. The molecule has 0 bridgehead atoms. The molecule has 6 nitrogen and oxygen atoms in total. The van der Waals surface area contributed by atoms with Gasteiger partial charge in [0.15, 0.2) is 0 Å². The van der Waals surface area contributed by atoms with Crippen molar-refractivity contribution in [3.05, 3.63) is 142 Å². The predicted octanol–water partition coefficient (Wildman–Crippen LogP) is 6.76. The van der Waals surface area contributed by atoms with Crippen LogP contribution in [0.5, 0.6) is 17.2 Å². The molecule has 1 unspecified atom stereocenters. The number of esters is 1. The molecule has 4 aromatic rings. The summed E-state index contributed by atoms with van der Waals surface area (Å²) in [5, 5.41) is 10.5. The van der Waals surface area contributed by atoms with Crippen molar-refractivity contribution in [3.8, 4) is 23.3 Å². The van der Waals surface area contributed by atoms with Crippen LogP contribution in [-0.2, 0) is 11.4 Å². The fourth-order valence-electron chi connectivity index (χ4n) is 4.25. The lowest BCUT2D eigenvalue weighted by Crippen LogP contribution is -2.21. The van der Waals surface area contributed by atoms with Crippen LogP contribution in [0, 0.1) is 11.3 Å². The van der Waals surface area contributed by atoms with E-state index in [1.54, 1.807) is 24.3 Å². The van der Waals surface area contributed by atoms with Crippen molar-refractivity contribution < 1.29 is 19.0 Å². The molecule has 192 valence electrons. The first-order valence-corrected chi connectivity index (χ1v) is 12.5. The topological polar surface area (TPSA) is 94.6 Å². The van der Waals surface area contributed by atoms with Crippen LogP contribution in [0.15, 0.2) is 115 Å². The number of nitriles is 1. The van der Waals surface area contributed by atoms with Gasteiger partial charge in [-0.2, -0.15) is 5.26 Å². The molecule has 1 heterocycles. The molecule has 0 amide bonds. The second kappa shape index (κ2) is 11.6. The molecule has 0 saturated heterocycles. The highest BCUT2D eigenvalue weighted by molar-refractivity contribution is 6.31. The molecular formula is C32H23ClN2O4. The summed E-state index contributed by atoms with van der Waals surface area (Å²) in [6.07, 6.45) is 3.03. The molecule has 5 rings (SSSR count). The summed E-state index contributed by atoms with van der Waals surface area (Å²) in [6, 6.07) is 31.6. The number of halogens is 1. The summed E-state index contributed by atoms with van der Waals surface area (Å²) >= 11 is 6.22. The van der Waals surface area contributed by atoms with Crippen LogP contribution in [0.2, 0.25) is 5.02 Å². The summed E-state index contributed by atoms with van der Waals surface area (Å²) in [5.41, 5.74) is 9.75. The zero-order valence-corrected chi connectivity index (χ0v) is 21.5. The standard InChI is InChI=1S/C32H23ClN2O4/c33-28-9-5-4-8-23(28)20-37-24-13-11-22(12-14-24)31-26-16-15-25(18-29(26)39-32(35)27(31)19-34)38-30(36)17-10-21-6-2-1-3-7-21/h1-18,31H,20,35H2/b17-10+. The number of carbonyl (C=O) groups excluding carboxylic acids is 1. The van der Waals surface area contributed by atoms with Crippen molar-refractivity contribution >= 4 is 23.6 Å². The SMILES string of the molecule is N#CC1=C(N)Oc2cc(OC(=O)/C=C/c3ccccc3)ccc2C1c1ccc(OCc2ccccc2Cl)cc1. The zero-order valence-electron chi connectivity index (χ0n) is 20.7. The number of ether oxygens (including phenoxy) is 3. The number of allylic oxidation sites excluding steroid dienone is 1. The third-order valence-electron chi connectivity index (χ3n) is 6.19. The third-order valence-corrected chi connectivity index (χ3v) is 6.55. The van der Waals surface area contributed by atoms with Crippen LogP contribution >= 0.6 is 11.6 Å². The maximum Gasteiger partial charge on any atom is 0.336 e. The molecule has 0 fully saturated rings. The summed E-state index contributed by atoms with van der Waals surface area (Å²) in [7, 11) is 0. The molecule has 7 heteroatoms. The van der Waals surface area contributed by atoms with Gasteiger partial charge in [0.1, 0.15) is 35.5 Å². The lowest BCUT2D eigenvalue weighted by atomic mass is 9.83. The smallest absolute Gasteiger partial charge is 0.336 e. The molecule has 0 saturated carbocycles. The van der Waals surface area contributed by atoms with Crippen LogP contribution in [-0.4, -0.2) is 5.97 Å². The van der Waals surface area contributed by atoms with E-state index < -0.39 is 11.9 Å². The van der Waals surface area contributed by atoms with Gasteiger partial charge in [0.2, 0.25) is 5.88 Å². The average molecular weight is 535 g/mol. The molecule has 1 aliphatic heterocycles. The van der Waals surface area contributed by atoms with Crippen molar-refractivity contribution in [2.24, 2.45) is 5.73 Å². The van der Waals surface area contributed by atoms with Crippen LogP contribution < -0.4 is 19.9 Å². The molecule has 1 atom stereocenters. The van der Waals surface area contributed by atoms with E-state index in [9.17, 15) is 10.1 Å². The van der Waals surface area contributed by atoms with Gasteiger partial charge in [0.05, 0.1) is 5.92 Å². The van der Waals surface area contributed by atoms with Gasteiger partial charge >= 0.3 is 5.97 Å². The Morgan fingerprint density at radius 2 is 1.69 bits per heavy atom. The second-order valence-electron chi connectivity index (χ2n) is 8.74. The highest BCUT2D eigenvalue weighted by atomic mass is 35.5. The maximum atomic E-state index is 12.4. The summed E-state index contributed by atoms with van der Waals surface area (Å²) < 4.78 is 17.1. The van der Waals surface area contributed by atoms with Crippen molar-refractivity contribution in [2.75, 3.05) is 0 Å². The van der Waals surface area contributed by atoms with E-state index in [-0.39, 0.29) is 5.88 Å². The fraction of sp³-hybridized carbons (Fsp3) is 0.0625. The van der Waals surface area contributed by atoms with E-state index in [0.717, 1.165) is 22.3 Å². The van der Waals surface area contributed by atoms with Crippen LogP contribution in [0.3, 0.4) is 0 Å². The highest BCUT2D eigenvalue weighted by Gasteiger charge is 2.31. The molecule has 0 radical (unpaired) electrons. The number of nitrogens with two attached hydrogens (primary N) is 1. The van der Waals surface area contributed by atoms with Crippen LogP contribution in [0.25, 0.3) is 6.08 Å². The Bertz CT molecular complexity index is 1610.